The van der Waals surface area contributed by atoms with E-state index < -0.39 is 54.0 Å². The van der Waals surface area contributed by atoms with Gasteiger partial charge in [0.25, 0.3) is 11.8 Å². The number of hydrogen-bond acceptors (Lipinski definition) is 7. The van der Waals surface area contributed by atoms with Crippen LogP contribution in [0.3, 0.4) is 0 Å². The maximum atomic E-state index is 15.7. The summed E-state index contributed by atoms with van der Waals surface area (Å²) in [5, 5.41) is 8.17. The molecular formula is C34H46F3N7O4. The van der Waals surface area contributed by atoms with E-state index in [2.05, 4.69) is 25.8 Å². The van der Waals surface area contributed by atoms with Gasteiger partial charge in [-0.1, -0.05) is 19.9 Å². The van der Waals surface area contributed by atoms with Gasteiger partial charge in [0.1, 0.15) is 29.7 Å². The van der Waals surface area contributed by atoms with Gasteiger partial charge < -0.3 is 31.5 Å². The van der Waals surface area contributed by atoms with Crippen molar-refractivity contribution in [2.24, 2.45) is 28.5 Å². The van der Waals surface area contributed by atoms with E-state index >= 15 is 4.39 Å². The number of hydrogen-bond donors (Lipinski definition) is 4. The van der Waals surface area contributed by atoms with Crippen LogP contribution in [0.4, 0.5) is 18.9 Å². The summed E-state index contributed by atoms with van der Waals surface area (Å²) in [5.41, 5.74) is 5.50. The molecule has 4 aliphatic rings. The molecule has 4 atom stereocenters. The van der Waals surface area contributed by atoms with Crippen molar-refractivity contribution in [2.45, 2.75) is 82.3 Å². The van der Waals surface area contributed by atoms with E-state index in [0.29, 0.717) is 31.7 Å². The Morgan fingerprint density at radius 3 is 2.19 bits per heavy atom. The molecule has 1 aromatic carbocycles. The van der Waals surface area contributed by atoms with Crippen LogP contribution in [-0.2, 0) is 19.2 Å². The summed E-state index contributed by atoms with van der Waals surface area (Å²) in [6.45, 7) is 5.88. The minimum absolute atomic E-state index is 0.117. The number of rotatable bonds is 14. The summed E-state index contributed by atoms with van der Waals surface area (Å²) in [6.07, 6.45) is 5.44. The third-order valence-electron chi connectivity index (χ3n) is 9.86. The molecule has 1 aliphatic heterocycles. The summed E-state index contributed by atoms with van der Waals surface area (Å²) in [4.78, 5) is 60.7. The van der Waals surface area contributed by atoms with E-state index in [4.69, 9.17) is 5.73 Å². The van der Waals surface area contributed by atoms with Crippen molar-refractivity contribution in [1.82, 2.24) is 20.4 Å². The Morgan fingerprint density at radius 2 is 1.67 bits per heavy atom. The van der Waals surface area contributed by atoms with Crippen molar-refractivity contribution in [3.05, 3.63) is 41.9 Å². The number of aliphatic imine (C=N–C) groups is 1. The Labute approximate surface area is 278 Å². The van der Waals surface area contributed by atoms with Crippen LogP contribution in [0.2, 0.25) is 0 Å². The largest absolute Gasteiger partial charge is 0.405 e. The second-order valence-electron chi connectivity index (χ2n) is 13.6. The molecule has 14 heteroatoms. The number of carbonyl (C=O) groups excluding carboxylic acids is 4. The molecule has 11 nitrogen and oxygen atoms in total. The van der Waals surface area contributed by atoms with Gasteiger partial charge in [-0.2, -0.15) is 0 Å². The van der Waals surface area contributed by atoms with Gasteiger partial charge in [-0.05, 0) is 80.5 Å². The van der Waals surface area contributed by atoms with Crippen LogP contribution in [0.5, 0.6) is 0 Å². The first kappa shape index (κ1) is 35.4. The van der Waals surface area contributed by atoms with Crippen LogP contribution >= 0.6 is 0 Å². The van der Waals surface area contributed by atoms with Gasteiger partial charge in [0.05, 0.1) is 5.69 Å². The number of carbonyl (C=O) groups is 4. The molecule has 1 unspecified atom stereocenters. The standard InChI is InChI=1S/C34H46F3N7O4/c1-4-27(45)41-29(33(48)44-15-13-43(3)14-16-44)19(2)22-9-10-24(23(35)17-22)40-32(47)30(28(20-5-6-20)21-7-8-21)42-31(46)25(11-12-38)39-26-18-34(26,36)37/h9-12,17,19-21,26,28-30H,4-8,13-16,18,38H2,1-3H3,(H,40,47)(H,41,45)(H,42,46)/b12-11-,39-25?/t19-,26?,29+,30-/m0/s1. The second-order valence-corrected chi connectivity index (χ2v) is 13.6. The number of benzene rings is 1. The molecule has 0 spiro atoms. The quantitative estimate of drug-likeness (QED) is 0.223. The molecule has 48 heavy (non-hydrogen) atoms. The van der Waals surface area contributed by atoms with E-state index in [0.717, 1.165) is 38.0 Å². The summed E-state index contributed by atoms with van der Waals surface area (Å²) in [6, 6.07) is 0.951. The van der Waals surface area contributed by atoms with Crippen LogP contribution < -0.4 is 21.7 Å². The molecule has 1 heterocycles. The van der Waals surface area contributed by atoms with Gasteiger partial charge in [0.15, 0.2) is 0 Å². The summed E-state index contributed by atoms with van der Waals surface area (Å²) in [7, 11) is 1.97. The number of nitrogens with one attached hydrogen (secondary N) is 3. The average molecular weight is 674 g/mol. The molecule has 0 radical (unpaired) electrons. The lowest BCUT2D eigenvalue weighted by molar-refractivity contribution is -0.138. The smallest absolute Gasteiger partial charge is 0.272 e. The fourth-order valence-electron chi connectivity index (χ4n) is 6.44. The van der Waals surface area contributed by atoms with E-state index in [1.54, 1.807) is 24.8 Å². The summed E-state index contributed by atoms with van der Waals surface area (Å²) in [5.74, 6) is -6.09. The third-order valence-corrected chi connectivity index (χ3v) is 9.86. The zero-order valence-electron chi connectivity index (χ0n) is 27.7. The lowest BCUT2D eigenvalue weighted by atomic mass is 9.88. The Hall–Kier alpha value is -3.94. The number of anilines is 1. The molecule has 3 saturated carbocycles. The van der Waals surface area contributed by atoms with E-state index in [-0.39, 0.29) is 47.4 Å². The second kappa shape index (κ2) is 14.7. The van der Waals surface area contributed by atoms with Gasteiger partial charge in [-0.25, -0.2) is 13.2 Å². The molecule has 5 N–H and O–H groups in total. The Morgan fingerprint density at radius 1 is 1.04 bits per heavy atom. The average Bonchev–Trinajstić information content (AvgIpc) is 3.95. The number of nitrogens with zero attached hydrogens (tertiary/aromatic N) is 3. The molecule has 4 amide bonds. The zero-order chi connectivity index (χ0) is 34.7. The third kappa shape index (κ3) is 8.55. The fourth-order valence-corrected chi connectivity index (χ4v) is 6.44. The number of amides is 4. The van der Waals surface area contributed by atoms with Gasteiger partial charge >= 0.3 is 0 Å². The lowest BCUT2D eigenvalue weighted by Gasteiger charge is -2.36. The molecule has 1 aromatic rings. The highest BCUT2D eigenvalue weighted by molar-refractivity contribution is 6.43. The monoisotopic (exact) mass is 673 g/mol. The number of nitrogens with two attached hydrogens (primary N) is 1. The summed E-state index contributed by atoms with van der Waals surface area (Å²) < 4.78 is 42.9. The SMILES string of the molecule is CCC(=O)N[C@@H](C(=O)N1CCN(C)CC1)[C@@H](C)c1ccc(NC(=O)[C@@H](NC(=O)C(/C=C\N)=NC2CC2(F)F)C(C2CC2)C2CC2)c(F)c1. The van der Waals surface area contributed by atoms with Crippen LogP contribution in [0.1, 0.15) is 63.9 Å². The maximum Gasteiger partial charge on any atom is 0.272 e. The molecule has 5 rings (SSSR count). The molecule has 0 aromatic heterocycles. The van der Waals surface area contributed by atoms with Crippen molar-refractivity contribution in [3.8, 4) is 0 Å². The fraction of sp³-hybridized carbons (Fsp3) is 0.618. The van der Waals surface area contributed by atoms with Crippen LogP contribution in [-0.4, -0.2) is 96.4 Å². The number of likely N-dealkylation sites (N-methyl/N-ethyl adjacent to an activating group) is 1. The van der Waals surface area contributed by atoms with Crippen LogP contribution in [0.15, 0.2) is 35.5 Å². The Bertz CT molecular complexity index is 1440. The highest BCUT2D eigenvalue weighted by Crippen LogP contribution is 2.51. The molecular weight excluding hydrogens is 627 g/mol. The molecule has 0 bridgehead atoms. The van der Waals surface area contributed by atoms with Crippen molar-refractivity contribution < 1.29 is 32.3 Å². The maximum absolute atomic E-state index is 15.7. The van der Waals surface area contributed by atoms with Gasteiger partial charge in [0, 0.05) is 44.9 Å². The number of piperazine rings is 1. The first-order valence-electron chi connectivity index (χ1n) is 16.8. The topological polar surface area (TPSA) is 149 Å². The van der Waals surface area contributed by atoms with Crippen molar-refractivity contribution in [1.29, 1.82) is 0 Å². The van der Waals surface area contributed by atoms with Crippen molar-refractivity contribution >= 4 is 35.0 Å². The minimum atomic E-state index is -2.99. The van der Waals surface area contributed by atoms with E-state index in [1.165, 1.54) is 12.1 Å². The van der Waals surface area contributed by atoms with Gasteiger partial charge in [-0.15, -0.1) is 0 Å². The van der Waals surface area contributed by atoms with E-state index in [1.807, 2.05) is 7.05 Å². The zero-order valence-corrected chi connectivity index (χ0v) is 27.7. The predicted octanol–water partition coefficient (Wildman–Crippen LogP) is 2.78. The van der Waals surface area contributed by atoms with Crippen molar-refractivity contribution in [2.75, 3.05) is 38.5 Å². The normalized spacial score (nSPS) is 23.0. The first-order valence-corrected chi connectivity index (χ1v) is 16.8. The Kier molecular flexibility index (Phi) is 10.8. The molecule has 1 saturated heterocycles. The molecule has 262 valence electrons. The van der Waals surface area contributed by atoms with Crippen LogP contribution in [0, 0.1) is 23.6 Å². The Balaban J connectivity index is 1.33. The minimum Gasteiger partial charge on any atom is -0.405 e. The number of alkyl halides is 2. The highest BCUT2D eigenvalue weighted by Gasteiger charge is 2.57. The first-order chi connectivity index (χ1) is 22.8. The van der Waals surface area contributed by atoms with Gasteiger partial charge in [-0.3, -0.25) is 24.2 Å². The molecule has 3 aliphatic carbocycles. The molecule has 4 fully saturated rings. The lowest BCUT2D eigenvalue weighted by Crippen LogP contribution is -2.55. The van der Waals surface area contributed by atoms with E-state index in [9.17, 15) is 28.0 Å². The van der Waals surface area contributed by atoms with Crippen LogP contribution in [0.25, 0.3) is 0 Å². The summed E-state index contributed by atoms with van der Waals surface area (Å²) >= 11 is 0. The highest BCUT2D eigenvalue weighted by atomic mass is 19.3. The van der Waals surface area contributed by atoms with Crippen molar-refractivity contribution in [3.63, 3.8) is 0 Å². The predicted molar refractivity (Wildman–Crippen MR) is 175 cm³/mol. The number of halogens is 3. The van der Waals surface area contributed by atoms with Gasteiger partial charge in [0.2, 0.25) is 17.7 Å².